The normalized spacial score (nSPS) is 11.5. The van der Waals surface area contributed by atoms with Crippen LogP contribution in [-0.2, 0) is 0 Å². The minimum atomic E-state index is 0.442. The number of rotatable bonds is 3. The first kappa shape index (κ1) is 12.6. The summed E-state index contributed by atoms with van der Waals surface area (Å²) >= 11 is 8.04. The first-order valence-corrected chi connectivity index (χ1v) is 6.11. The summed E-state index contributed by atoms with van der Waals surface area (Å²) in [5, 5.41) is 3.75. The Hall–Kier alpha value is -0.490. The highest BCUT2D eigenvalue weighted by Crippen LogP contribution is 2.21. The molecular formula is C10H13ClIN3. The van der Waals surface area contributed by atoms with Gasteiger partial charge in [0.05, 0.1) is 5.69 Å². The van der Waals surface area contributed by atoms with Crippen LogP contribution in [0.3, 0.4) is 0 Å². The molecule has 0 aromatic heterocycles. The fourth-order valence-electron chi connectivity index (χ4n) is 1.00. The zero-order valence-electron chi connectivity index (χ0n) is 8.43. The van der Waals surface area contributed by atoms with E-state index in [9.17, 15) is 0 Å². The average molecular weight is 338 g/mol. The number of halogens is 2. The molecule has 5 heteroatoms. The SMILES string of the molecule is CCCN=C(N)Nc1ccc(Cl)cc1I. The molecule has 0 saturated heterocycles. The summed E-state index contributed by atoms with van der Waals surface area (Å²) in [7, 11) is 0. The van der Waals surface area contributed by atoms with E-state index < -0.39 is 0 Å². The number of hydrogen-bond acceptors (Lipinski definition) is 1. The number of nitrogens with zero attached hydrogens (tertiary/aromatic N) is 1. The molecule has 0 amide bonds. The Morgan fingerprint density at radius 1 is 1.60 bits per heavy atom. The zero-order chi connectivity index (χ0) is 11.3. The molecule has 15 heavy (non-hydrogen) atoms. The summed E-state index contributed by atoms with van der Waals surface area (Å²) in [5.74, 6) is 0.442. The van der Waals surface area contributed by atoms with Crippen LogP contribution in [0.25, 0.3) is 0 Å². The highest BCUT2D eigenvalue weighted by Gasteiger charge is 2.01. The fourth-order valence-corrected chi connectivity index (χ4v) is 2.01. The van der Waals surface area contributed by atoms with E-state index in [0.717, 1.165) is 22.2 Å². The molecule has 0 atom stereocenters. The van der Waals surface area contributed by atoms with Crippen molar-refractivity contribution in [3.63, 3.8) is 0 Å². The predicted molar refractivity (Wildman–Crippen MR) is 74.6 cm³/mol. The third-order valence-corrected chi connectivity index (χ3v) is 2.83. The largest absolute Gasteiger partial charge is 0.370 e. The maximum atomic E-state index is 5.84. The molecule has 0 spiro atoms. The molecule has 0 fully saturated rings. The number of aliphatic imine (C=N–C) groups is 1. The summed E-state index contributed by atoms with van der Waals surface area (Å²) in [6, 6.07) is 5.58. The van der Waals surface area contributed by atoms with Gasteiger partial charge in [0.1, 0.15) is 0 Å². The topological polar surface area (TPSA) is 50.4 Å². The second kappa shape index (κ2) is 6.17. The molecule has 0 heterocycles. The van der Waals surface area contributed by atoms with Crippen LogP contribution < -0.4 is 11.1 Å². The zero-order valence-corrected chi connectivity index (χ0v) is 11.3. The Balaban J connectivity index is 2.72. The van der Waals surface area contributed by atoms with Gasteiger partial charge in [-0.1, -0.05) is 18.5 Å². The Bertz CT molecular complexity index is 366. The van der Waals surface area contributed by atoms with Crippen LogP contribution in [0.15, 0.2) is 23.2 Å². The van der Waals surface area contributed by atoms with Crippen LogP contribution in [-0.4, -0.2) is 12.5 Å². The molecule has 0 saturated carbocycles. The van der Waals surface area contributed by atoms with E-state index in [1.54, 1.807) is 0 Å². The van der Waals surface area contributed by atoms with Crippen LogP contribution in [0, 0.1) is 3.57 Å². The highest BCUT2D eigenvalue weighted by atomic mass is 127. The molecule has 0 aliphatic carbocycles. The number of nitrogens with two attached hydrogens (primary N) is 1. The number of anilines is 1. The Morgan fingerprint density at radius 3 is 2.93 bits per heavy atom. The van der Waals surface area contributed by atoms with Gasteiger partial charge in [-0.15, -0.1) is 0 Å². The molecule has 0 radical (unpaired) electrons. The van der Waals surface area contributed by atoms with Gasteiger partial charge in [0.15, 0.2) is 5.96 Å². The first-order chi connectivity index (χ1) is 7.13. The Kier molecular flexibility index (Phi) is 5.17. The molecule has 0 aliphatic rings. The lowest BCUT2D eigenvalue weighted by Gasteiger charge is -2.07. The van der Waals surface area contributed by atoms with Gasteiger partial charge in [0, 0.05) is 15.1 Å². The molecule has 0 unspecified atom stereocenters. The molecule has 3 N–H and O–H groups in total. The quantitative estimate of drug-likeness (QED) is 0.506. The van der Waals surface area contributed by atoms with E-state index in [0.29, 0.717) is 11.0 Å². The van der Waals surface area contributed by atoms with E-state index >= 15 is 0 Å². The van der Waals surface area contributed by atoms with Crippen LogP contribution in [0.5, 0.6) is 0 Å². The molecule has 1 rings (SSSR count). The summed E-state index contributed by atoms with van der Waals surface area (Å²) in [6.45, 7) is 2.80. The van der Waals surface area contributed by atoms with Crippen molar-refractivity contribution >= 4 is 45.8 Å². The summed E-state index contributed by atoms with van der Waals surface area (Å²) in [5.41, 5.74) is 6.63. The maximum absolute atomic E-state index is 5.84. The first-order valence-electron chi connectivity index (χ1n) is 4.65. The van der Waals surface area contributed by atoms with E-state index in [-0.39, 0.29) is 0 Å². The van der Waals surface area contributed by atoms with E-state index in [4.69, 9.17) is 17.3 Å². The molecule has 82 valence electrons. The highest BCUT2D eigenvalue weighted by molar-refractivity contribution is 14.1. The number of hydrogen-bond donors (Lipinski definition) is 2. The van der Waals surface area contributed by atoms with Crippen LogP contribution in [0.4, 0.5) is 5.69 Å². The lowest BCUT2D eigenvalue weighted by molar-refractivity contribution is 0.929. The van der Waals surface area contributed by atoms with Crippen LogP contribution in [0.2, 0.25) is 5.02 Å². The van der Waals surface area contributed by atoms with E-state index in [1.807, 2.05) is 18.2 Å². The Morgan fingerprint density at radius 2 is 2.33 bits per heavy atom. The van der Waals surface area contributed by atoms with Gasteiger partial charge in [-0.05, 0) is 47.2 Å². The van der Waals surface area contributed by atoms with Gasteiger partial charge >= 0.3 is 0 Å². The third-order valence-electron chi connectivity index (χ3n) is 1.70. The van der Waals surface area contributed by atoms with Crippen molar-refractivity contribution in [1.29, 1.82) is 0 Å². The monoisotopic (exact) mass is 337 g/mol. The minimum absolute atomic E-state index is 0.442. The predicted octanol–water partition coefficient (Wildman–Crippen LogP) is 3.08. The number of nitrogens with one attached hydrogen (secondary N) is 1. The summed E-state index contributed by atoms with van der Waals surface area (Å²) in [4.78, 5) is 4.15. The van der Waals surface area contributed by atoms with Gasteiger partial charge in [0.2, 0.25) is 0 Å². The lowest BCUT2D eigenvalue weighted by Crippen LogP contribution is -2.23. The number of benzene rings is 1. The number of guanidine groups is 1. The lowest BCUT2D eigenvalue weighted by atomic mass is 10.3. The standard InChI is InChI=1S/C10H13ClIN3/c1-2-5-14-10(13)15-9-4-3-7(11)6-8(9)12/h3-4,6H,2,5H2,1H3,(H3,13,14,15). The summed E-state index contributed by atoms with van der Waals surface area (Å²) < 4.78 is 1.02. The smallest absolute Gasteiger partial charge is 0.193 e. The third kappa shape index (κ3) is 4.25. The summed E-state index contributed by atoms with van der Waals surface area (Å²) in [6.07, 6.45) is 0.986. The van der Waals surface area contributed by atoms with Crippen molar-refractivity contribution < 1.29 is 0 Å². The maximum Gasteiger partial charge on any atom is 0.193 e. The molecular weight excluding hydrogens is 324 g/mol. The molecule has 1 aromatic rings. The molecule has 3 nitrogen and oxygen atoms in total. The van der Waals surface area contributed by atoms with Gasteiger partial charge in [0.25, 0.3) is 0 Å². The van der Waals surface area contributed by atoms with Crippen molar-refractivity contribution in [1.82, 2.24) is 0 Å². The van der Waals surface area contributed by atoms with Crippen LogP contribution in [0.1, 0.15) is 13.3 Å². The van der Waals surface area contributed by atoms with E-state index in [1.165, 1.54) is 0 Å². The van der Waals surface area contributed by atoms with Crippen molar-refractivity contribution in [3.8, 4) is 0 Å². The van der Waals surface area contributed by atoms with Crippen molar-refractivity contribution in [2.24, 2.45) is 10.7 Å². The Labute approximate surface area is 108 Å². The van der Waals surface area contributed by atoms with E-state index in [2.05, 4.69) is 39.8 Å². The van der Waals surface area contributed by atoms with Gasteiger partial charge in [-0.3, -0.25) is 4.99 Å². The van der Waals surface area contributed by atoms with Gasteiger partial charge in [-0.2, -0.15) is 0 Å². The second-order valence-corrected chi connectivity index (χ2v) is 4.61. The van der Waals surface area contributed by atoms with Crippen molar-refractivity contribution in [3.05, 3.63) is 26.8 Å². The van der Waals surface area contributed by atoms with Gasteiger partial charge in [-0.25, -0.2) is 0 Å². The van der Waals surface area contributed by atoms with Crippen molar-refractivity contribution in [2.45, 2.75) is 13.3 Å². The minimum Gasteiger partial charge on any atom is -0.370 e. The molecule has 0 aliphatic heterocycles. The second-order valence-electron chi connectivity index (χ2n) is 3.02. The van der Waals surface area contributed by atoms with Gasteiger partial charge < -0.3 is 11.1 Å². The molecule has 1 aromatic carbocycles. The average Bonchev–Trinajstić information content (AvgIpc) is 2.19. The fraction of sp³-hybridized carbons (Fsp3) is 0.300. The van der Waals surface area contributed by atoms with Crippen molar-refractivity contribution in [2.75, 3.05) is 11.9 Å². The molecule has 0 bridgehead atoms. The van der Waals surface area contributed by atoms with Crippen LogP contribution >= 0.6 is 34.2 Å².